The third-order valence-electron chi connectivity index (χ3n) is 3.00. The number of carbonyl (C=O) groups is 1. The zero-order valence-electron chi connectivity index (χ0n) is 10.5. The van der Waals surface area contributed by atoms with Gasteiger partial charge in [0, 0.05) is 18.3 Å². The van der Waals surface area contributed by atoms with Gasteiger partial charge in [0.2, 0.25) is 4.93 Å². The number of rotatable bonds is 2. The minimum atomic E-state index is -1.56. The number of benzene rings is 1. The van der Waals surface area contributed by atoms with Gasteiger partial charge in [-0.25, -0.2) is 0 Å². The zero-order chi connectivity index (χ0) is 13.3. The van der Waals surface area contributed by atoms with Crippen molar-refractivity contribution in [3.8, 4) is 5.75 Å². The van der Waals surface area contributed by atoms with E-state index in [0.29, 0.717) is 11.3 Å². The van der Waals surface area contributed by atoms with E-state index in [9.17, 15) is 9.90 Å². The number of thioether (sulfide) groups is 1. The van der Waals surface area contributed by atoms with Crippen LogP contribution in [0, 0.1) is 0 Å². The van der Waals surface area contributed by atoms with Crippen LogP contribution in [0.25, 0.3) is 0 Å². The van der Waals surface area contributed by atoms with Crippen molar-refractivity contribution in [2.75, 3.05) is 14.2 Å². The molecular formula is C13H15NO3S. The van der Waals surface area contributed by atoms with Crippen LogP contribution in [0.5, 0.6) is 5.75 Å². The first-order chi connectivity index (χ1) is 8.49. The van der Waals surface area contributed by atoms with Crippen molar-refractivity contribution in [2.24, 2.45) is 0 Å². The number of allylic oxidation sites excluding steroid dienone is 1. The molecule has 18 heavy (non-hydrogen) atoms. The van der Waals surface area contributed by atoms with Gasteiger partial charge in [0.15, 0.2) is 0 Å². The van der Waals surface area contributed by atoms with Crippen LogP contribution >= 0.6 is 11.8 Å². The summed E-state index contributed by atoms with van der Waals surface area (Å²) in [6, 6.07) is 6.86. The number of methoxy groups -OCH3 is 1. The van der Waals surface area contributed by atoms with E-state index in [1.807, 2.05) is 6.92 Å². The molecule has 1 aromatic rings. The Labute approximate surface area is 110 Å². The summed E-state index contributed by atoms with van der Waals surface area (Å²) in [6.07, 6.45) is 0. The van der Waals surface area contributed by atoms with E-state index in [4.69, 9.17) is 4.74 Å². The summed E-state index contributed by atoms with van der Waals surface area (Å²) in [5, 5.41) is 12.3. The molecule has 1 heterocycles. The molecule has 0 saturated heterocycles. The summed E-state index contributed by atoms with van der Waals surface area (Å²) in [6.45, 7) is 1.83. The highest BCUT2D eigenvalue weighted by Gasteiger charge is 2.43. The smallest absolute Gasteiger partial charge is 0.274 e. The van der Waals surface area contributed by atoms with Crippen molar-refractivity contribution in [1.82, 2.24) is 4.90 Å². The Kier molecular flexibility index (Phi) is 3.36. The number of hydrogen-bond acceptors (Lipinski definition) is 4. The topological polar surface area (TPSA) is 49.8 Å². The molecule has 0 aromatic heterocycles. The van der Waals surface area contributed by atoms with Crippen LogP contribution < -0.4 is 4.74 Å². The van der Waals surface area contributed by atoms with E-state index in [-0.39, 0.29) is 5.91 Å². The van der Waals surface area contributed by atoms with Crippen molar-refractivity contribution in [3.05, 3.63) is 40.9 Å². The Morgan fingerprint density at radius 2 is 1.94 bits per heavy atom. The Morgan fingerprint density at radius 1 is 1.33 bits per heavy atom. The normalized spacial score (nSPS) is 23.9. The SMILES string of the molecule is COc1ccc(C2(O)SC=C(C)N(C)C2=O)cc1. The second-order valence-corrected chi connectivity index (χ2v) is 5.18. The number of aliphatic hydroxyl groups is 1. The third kappa shape index (κ3) is 2.00. The maximum absolute atomic E-state index is 12.2. The Bertz CT molecular complexity index is 497. The lowest BCUT2D eigenvalue weighted by Crippen LogP contribution is -2.44. The summed E-state index contributed by atoms with van der Waals surface area (Å²) < 4.78 is 5.06. The molecular weight excluding hydrogens is 250 g/mol. The van der Waals surface area contributed by atoms with E-state index < -0.39 is 4.93 Å². The third-order valence-corrected chi connectivity index (χ3v) is 4.22. The standard InChI is InChI=1S/C13H15NO3S/c1-9-8-18-13(16,12(15)14(9)2)10-4-6-11(17-3)7-5-10/h4-8,16H,1-3H3. The fourth-order valence-corrected chi connectivity index (χ4v) is 2.71. The van der Waals surface area contributed by atoms with Gasteiger partial charge in [-0.3, -0.25) is 4.79 Å². The molecule has 1 amide bonds. The van der Waals surface area contributed by atoms with Crippen molar-refractivity contribution in [2.45, 2.75) is 11.9 Å². The molecule has 5 heteroatoms. The van der Waals surface area contributed by atoms with Gasteiger partial charge >= 0.3 is 0 Å². The van der Waals surface area contributed by atoms with Crippen LogP contribution in [0.1, 0.15) is 12.5 Å². The van der Waals surface area contributed by atoms with Gasteiger partial charge in [-0.15, -0.1) is 0 Å². The maximum atomic E-state index is 12.2. The van der Waals surface area contributed by atoms with E-state index in [1.54, 1.807) is 43.8 Å². The van der Waals surface area contributed by atoms with Crippen LogP contribution in [-0.2, 0) is 9.73 Å². The summed E-state index contributed by atoms with van der Waals surface area (Å²) in [7, 11) is 3.23. The van der Waals surface area contributed by atoms with Crippen LogP contribution in [0.3, 0.4) is 0 Å². The molecule has 96 valence electrons. The predicted octanol–water partition coefficient (Wildman–Crippen LogP) is 1.91. The molecule has 1 N–H and O–H groups in total. The average molecular weight is 265 g/mol. The highest BCUT2D eigenvalue weighted by Crippen LogP contribution is 2.41. The van der Waals surface area contributed by atoms with E-state index >= 15 is 0 Å². The Balaban J connectivity index is 2.39. The fourth-order valence-electron chi connectivity index (χ4n) is 1.70. The summed E-state index contributed by atoms with van der Waals surface area (Å²) in [5.41, 5.74) is 1.37. The molecule has 1 aliphatic heterocycles. The summed E-state index contributed by atoms with van der Waals surface area (Å²) >= 11 is 1.11. The van der Waals surface area contributed by atoms with Gasteiger partial charge in [0.05, 0.1) is 7.11 Å². The van der Waals surface area contributed by atoms with Crippen molar-refractivity contribution in [1.29, 1.82) is 0 Å². The first-order valence-corrected chi connectivity index (χ1v) is 6.36. The molecule has 1 atom stereocenters. The first-order valence-electron chi connectivity index (χ1n) is 5.48. The van der Waals surface area contributed by atoms with Gasteiger partial charge in [0.25, 0.3) is 5.91 Å². The van der Waals surface area contributed by atoms with Gasteiger partial charge in [0.1, 0.15) is 5.75 Å². The largest absolute Gasteiger partial charge is 0.497 e. The van der Waals surface area contributed by atoms with Crippen molar-refractivity contribution >= 4 is 17.7 Å². The molecule has 1 aliphatic rings. The van der Waals surface area contributed by atoms with Gasteiger partial charge in [-0.05, 0) is 24.5 Å². The molecule has 4 nitrogen and oxygen atoms in total. The molecule has 0 radical (unpaired) electrons. The number of carbonyl (C=O) groups excluding carboxylic acids is 1. The fraction of sp³-hybridized carbons (Fsp3) is 0.308. The number of likely N-dealkylation sites (N-methyl/N-ethyl adjacent to an activating group) is 1. The monoisotopic (exact) mass is 265 g/mol. The Morgan fingerprint density at radius 3 is 2.50 bits per heavy atom. The molecule has 2 rings (SSSR count). The zero-order valence-corrected chi connectivity index (χ0v) is 11.3. The van der Waals surface area contributed by atoms with E-state index in [2.05, 4.69) is 0 Å². The van der Waals surface area contributed by atoms with Crippen LogP contribution in [0.15, 0.2) is 35.4 Å². The number of nitrogens with zero attached hydrogens (tertiary/aromatic N) is 1. The lowest BCUT2D eigenvalue weighted by atomic mass is 10.1. The second kappa shape index (κ2) is 4.66. The maximum Gasteiger partial charge on any atom is 0.274 e. The number of amides is 1. The van der Waals surface area contributed by atoms with Gasteiger partial charge < -0.3 is 14.7 Å². The van der Waals surface area contributed by atoms with Crippen LogP contribution in [0.2, 0.25) is 0 Å². The van der Waals surface area contributed by atoms with Crippen molar-refractivity contribution < 1.29 is 14.6 Å². The number of hydrogen-bond donors (Lipinski definition) is 1. The van der Waals surface area contributed by atoms with Gasteiger partial charge in [-0.2, -0.15) is 0 Å². The minimum absolute atomic E-state index is 0.335. The summed E-state index contributed by atoms with van der Waals surface area (Å²) in [4.78, 5) is 12.1. The second-order valence-electron chi connectivity index (χ2n) is 4.11. The lowest BCUT2D eigenvalue weighted by molar-refractivity contribution is -0.140. The van der Waals surface area contributed by atoms with Gasteiger partial charge in [-0.1, -0.05) is 23.9 Å². The van der Waals surface area contributed by atoms with Crippen molar-refractivity contribution in [3.63, 3.8) is 0 Å². The van der Waals surface area contributed by atoms with Crippen LogP contribution in [0.4, 0.5) is 0 Å². The molecule has 0 aliphatic carbocycles. The van der Waals surface area contributed by atoms with E-state index in [1.165, 1.54) is 4.90 Å². The minimum Gasteiger partial charge on any atom is -0.497 e. The molecule has 1 aromatic carbocycles. The number of ether oxygens (including phenoxy) is 1. The molecule has 0 bridgehead atoms. The molecule has 0 saturated carbocycles. The quantitative estimate of drug-likeness (QED) is 0.887. The average Bonchev–Trinajstić information content (AvgIpc) is 2.41. The lowest BCUT2D eigenvalue weighted by Gasteiger charge is -2.34. The Hall–Kier alpha value is -1.46. The molecule has 0 spiro atoms. The summed E-state index contributed by atoms with van der Waals surface area (Å²) in [5.74, 6) is 0.355. The van der Waals surface area contributed by atoms with E-state index in [0.717, 1.165) is 17.5 Å². The van der Waals surface area contributed by atoms with Crippen LogP contribution in [-0.4, -0.2) is 30.1 Å². The molecule has 1 unspecified atom stereocenters. The molecule has 0 fully saturated rings. The highest BCUT2D eigenvalue weighted by molar-refractivity contribution is 8.03. The first kappa shape index (κ1) is 13.0. The predicted molar refractivity (Wildman–Crippen MR) is 71.0 cm³/mol. The highest BCUT2D eigenvalue weighted by atomic mass is 32.2.